The van der Waals surface area contributed by atoms with Crippen LogP contribution < -0.4 is 20.9 Å². The van der Waals surface area contributed by atoms with E-state index in [9.17, 15) is 14.4 Å². The van der Waals surface area contributed by atoms with Crippen molar-refractivity contribution in [2.75, 3.05) is 13.7 Å². The van der Waals surface area contributed by atoms with Crippen molar-refractivity contribution in [1.29, 1.82) is 0 Å². The molecule has 0 atom stereocenters. The fourth-order valence-corrected chi connectivity index (χ4v) is 2.38. The first-order chi connectivity index (χ1) is 11.9. The van der Waals surface area contributed by atoms with Gasteiger partial charge in [-0.2, -0.15) is 0 Å². The zero-order valence-corrected chi connectivity index (χ0v) is 14.4. The predicted octanol–water partition coefficient (Wildman–Crippen LogP) is 1.05. The molecule has 7 heteroatoms. The van der Waals surface area contributed by atoms with Gasteiger partial charge in [-0.1, -0.05) is 6.07 Å². The SMILES string of the molecule is COc1cccc(C(=O)NCC(=O)NCc2c(C)cc(C)[nH]c2=O)c1. The molecule has 132 valence electrons. The number of aromatic amines is 1. The van der Waals surface area contributed by atoms with Crippen LogP contribution in [0.3, 0.4) is 0 Å². The summed E-state index contributed by atoms with van der Waals surface area (Å²) in [5.74, 6) is -0.194. The second kappa shape index (κ2) is 8.14. The Morgan fingerprint density at radius 1 is 1.16 bits per heavy atom. The molecule has 2 rings (SSSR count). The number of carbonyl (C=O) groups is 2. The maximum atomic E-state index is 12.0. The van der Waals surface area contributed by atoms with Crippen molar-refractivity contribution in [3.8, 4) is 5.75 Å². The average Bonchev–Trinajstić information content (AvgIpc) is 2.58. The summed E-state index contributed by atoms with van der Waals surface area (Å²) in [6, 6.07) is 8.48. The lowest BCUT2D eigenvalue weighted by Gasteiger charge is -2.09. The Hall–Kier alpha value is -3.09. The highest BCUT2D eigenvalue weighted by atomic mass is 16.5. The van der Waals surface area contributed by atoms with E-state index in [0.717, 1.165) is 11.3 Å². The minimum atomic E-state index is -0.379. The van der Waals surface area contributed by atoms with E-state index in [1.54, 1.807) is 31.2 Å². The first kappa shape index (κ1) is 18.3. The number of ether oxygens (including phenoxy) is 1. The Balaban J connectivity index is 1.89. The third-order valence-electron chi connectivity index (χ3n) is 3.70. The molecule has 7 nitrogen and oxygen atoms in total. The normalized spacial score (nSPS) is 10.2. The molecule has 0 spiro atoms. The van der Waals surface area contributed by atoms with E-state index in [4.69, 9.17) is 4.74 Å². The Bertz CT molecular complexity index is 842. The Morgan fingerprint density at radius 3 is 2.60 bits per heavy atom. The number of aryl methyl sites for hydroxylation is 2. The Kier molecular flexibility index (Phi) is 5.94. The smallest absolute Gasteiger partial charge is 0.253 e. The van der Waals surface area contributed by atoms with E-state index in [0.29, 0.717) is 16.9 Å². The maximum absolute atomic E-state index is 12.0. The van der Waals surface area contributed by atoms with Gasteiger partial charge in [0, 0.05) is 23.4 Å². The van der Waals surface area contributed by atoms with Crippen molar-refractivity contribution in [2.24, 2.45) is 0 Å². The molecule has 0 saturated heterocycles. The summed E-state index contributed by atoms with van der Waals surface area (Å²) in [6.07, 6.45) is 0. The Morgan fingerprint density at radius 2 is 1.92 bits per heavy atom. The molecule has 0 saturated carbocycles. The van der Waals surface area contributed by atoms with Crippen LogP contribution in [0.1, 0.15) is 27.2 Å². The lowest BCUT2D eigenvalue weighted by Crippen LogP contribution is -2.37. The van der Waals surface area contributed by atoms with E-state index in [2.05, 4.69) is 15.6 Å². The van der Waals surface area contributed by atoms with Crippen LogP contribution in [0, 0.1) is 13.8 Å². The van der Waals surface area contributed by atoms with Crippen molar-refractivity contribution in [3.05, 3.63) is 63.1 Å². The molecule has 0 aliphatic rings. The number of nitrogens with one attached hydrogen (secondary N) is 3. The van der Waals surface area contributed by atoms with E-state index < -0.39 is 0 Å². The minimum absolute atomic E-state index is 0.106. The van der Waals surface area contributed by atoms with Crippen LogP contribution in [0.5, 0.6) is 5.75 Å². The van der Waals surface area contributed by atoms with Crippen LogP contribution in [0.25, 0.3) is 0 Å². The van der Waals surface area contributed by atoms with E-state index in [-0.39, 0.29) is 30.5 Å². The van der Waals surface area contributed by atoms with Gasteiger partial charge >= 0.3 is 0 Å². The van der Waals surface area contributed by atoms with Gasteiger partial charge in [0.05, 0.1) is 13.7 Å². The summed E-state index contributed by atoms with van der Waals surface area (Å²) < 4.78 is 5.06. The van der Waals surface area contributed by atoms with Crippen LogP contribution in [0.4, 0.5) is 0 Å². The van der Waals surface area contributed by atoms with Gasteiger partial charge in [-0.05, 0) is 43.7 Å². The number of rotatable bonds is 6. The molecular weight excluding hydrogens is 322 g/mol. The number of amides is 2. The molecule has 0 bridgehead atoms. The zero-order chi connectivity index (χ0) is 18.4. The maximum Gasteiger partial charge on any atom is 0.253 e. The van der Waals surface area contributed by atoms with Gasteiger partial charge in [0.1, 0.15) is 5.75 Å². The van der Waals surface area contributed by atoms with Gasteiger partial charge in [0.15, 0.2) is 0 Å². The van der Waals surface area contributed by atoms with Crippen LogP contribution in [-0.4, -0.2) is 30.5 Å². The minimum Gasteiger partial charge on any atom is -0.497 e. The number of benzene rings is 1. The van der Waals surface area contributed by atoms with Crippen LogP contribution in [-0.2, 0) is 11.3 Å². The summed E-state index contributed by atoms with van der Waals surface area (Å²) in [4.78, 5) is 38.5. The molecule has 0 aliphatic heterocycles. The van der Waals surface area contributed by atoms with Crippen molar-refractivity contribution in [3.63, 3.8) is 0 Å². The number of carbonyl (C=O) groups excluding carboxylic acids is 2. The number of hydrogen-bond donors (Lipinski definition) is 3. The third kappa shape index (κ3) is 4.94. The fraction of sp³-hybridized carbons (Fsp3) is 0.278. The largest absolute Gasteiger partial charge is 0.497 e. The van der Waals surface area contributed by atoms with Crippen molar-refractivity contribution in [1.82, 2.24) is 15.6 Å². The summed E-state index contributed by atoms with van der Waals surface area (Å²) in [5.41, 5.74) is 2.25. The second-order valence-electron chi connectivity index (χ2n) is 5.63. The zero-order valence-electron chi connectivity index (χ0n) is 14.4. The first-order valence-corrected chi connectivity index (χ1v) is 7.79. The number of H-pyrrole nitrogens is 1. The van der Waals surface area contributed by atoms with Crippen LogP contribution in [0.2, 0.25) is 0 Å². The van der Waals surface area contributed by atoms with E-state index >= 15 is 0 Å². The lowest BCUT2D eigenvalue weighted by atomic mass is 10.1. The van der Waals surface area contributed by atoms with Gasteiger partial charge in [0.2, 0.25) is 5.91 Å². The monoisotopic (exact) mass is 343 g/mol. The number of aromatic nitrogens is 1. The molecule has 0 unspecified atom stereocenters. The molecule has 25 heavy (non-hydrogen) atoms. The first-order valence-electron chi connectivity index (χ1n) is 7.79. The van der Waals surface area contributed by atoms with Gasteiger partial charge in [0.25, 0.3) is 11.5 Å². The van der Waals surface area contributed by atoms with Crippen LogP contribution >= 0.6 is 0 Å². The topological polar surface area (TPSA) is 100 Å². The summed E-state index contributed by atoms with van der Waals surface area (Å²) in [7, 11) is 1.51. The molecular formula is C18H21N3O4. The highest BCUT2D eigenvalue weighted by Gasteiger charge is 2.10. The number of pyridine rings is 1. The molecule has 1 aromatic heterocycles. The molecule has 2 aromatic rings. The van der Waals surface area contributed by atoms with Gasteiger partial charge in [-0.15, -0.1) is 0 Å². The van der Waals surface area contributed by atoms with Crippen molar-refractivity contribution >= 4 is 11.8 Å². The van der Waals surface area contributed by atoms with Crippen LogP contribution in [0.15, 0.2) is 35.1 Å². The molecule has 1 heterocycles. The highest BCUT2D eigenvalue weighted by molar-refractivity contribution is 5.96. The number of hydrogen-bond acceptors (Lipinski definition) is 4. The van der Waals surface area contributed by atoms with Gasteiger partial charge in [-0.25, -0.2) is 0 Å². The summed E-state index contributed by atoms with van der Waals surface area (Å²) in [6.45, 7) is 3.54. The molecule has 3 N–H and O–H groups in total. The van der Waals surface area contributed by atoms with Gasteiger partial charge in [-0.3, -0.25) is 14.4 Å². The van der Waals surface area contributed by atoms with Crippen molar-refractivity contribution in [2.45, 2.75) is 20.4 Å². The highest BCUT2D eigenvalue weighted by Crippen LogP contribution is 2.12. The predicted molar refractivity (Wildman–Crippen MR) is 93.7 cm³/mol. The molecule has 0 fully saturated rings. The average molecular weight is 343 g/mol. The van der Waals surface area contributed by atoms with Crippen molar-refractivity contribution < 1.29 is 14.3 Å². The van der Waals surface area contributed by atoms with E-state index in [1.807, 2.05) is 13.0 Å². The molecule has 0 radical (unpaired) electrons. The van der Waals surface area contributed by atoms with E-state index in [1.165, 1.54) is 7.11 Å². The Labute approximate surface area is 145 Å². The van der Waals surface area contributed by atoms with Gasteiger partial charge < -0.3 is 20.4 Å². The standard InChI is InChI=1S/C18H21N3O4/c1-11-7-12(2)21-18(24)15(11)9-19-16(22)10-20-17(23)13-5-4-6-14(8-13)25-3/h4-8H,9-10H2,1-3H3,(H,19,22)(H,20,23)(H,21,24). The summed E-state index contributed by atoms with van der Waals surface area (Å²) >= 11 is 0. The number of methoxy groups -OCH3 is 1. The molecule has 0 aliphatic carbocycles. The molecule has 2 amide bonds. The second-order valence-corrected chi connectivity index (χ2v) is 5.63. The fourth-order valence-electron chi connectivity index (χ4n) is 2.38. The third-order valence-corrected chi connectivity index (χ3v) is 3.70. The summed E-state index contributed by atoms with van der Waals surface area (Å²) in [5, 5.41) is 5.16. The lowest BCUT2D eigenvalue weighted by molar-refractivity contribution is -0.120. The molecule has 1 aromatic carbocycles. The quantitative estimate of drug-likeness (QED) is 0.730.